The standard InChI is InChI=1S/C9H18N2O3/c1-10-6-5-8(12)11(2)7-3-4-9(13)14/h10H,3-7H2,1-2H3,(H,13,14). The summed E-state index contributed by atoms with van der Waals surface area (Å²) in [5, 5.41) is 11.3. The molecule has 5 heteroatoms. The molecule has 0 aromatic heterocycles. The van der Waals surface area contributed by atoms with Crippen LogP contribution in [0.25, 0.3) is 0 Å². The van der Waals surface area contributed by atoms with Crippen LogP contribution < -0.4 is 5.32 Å². The van der Waals surface area contributed by atoms with Crippen molar-refractivity contribution in [2.24, 2.45) is 0 Å². The van der Waals surface area contributed by atoms with Crippen molar-refractivity contribution >= 4 is 11.9 Å². The lowest BCUT2D eigenvalue weighted by Crippen LogP contribution is -2.30. The van der Waals surface area contributed by atoms with Gasteiger partial charge in [0.15, 0.2) is 0 Å². The summed E-state index contributed by atoms with van der Waals surface area (Å²) < 4.78 is 0. The molecule has 0 atom stereocenters. The topological polar surface area (TPSA) is 69.6 Å². The summed E-state index contributed by atoms with van der Waals surface area (Å²) in [6.45, 7) is 1.16. The zero-order chi connectivity index (χ0) is 11.0. The smallest absolute Gasteiger partial charge is 0.303 e. The molecule has 0 saturated heterocycles. The van der Waals surface area contributed by atoms with Crippen molar-refractivity contribution in [1.29, 1.82) is 0 Å². The second-order valence-corrected chi connectivity index (χ2v) is 3.17. The van der Waals surface area contributed by atoms with Crippen LogP contribution in [0.5, 0.6) is 0 Å². The number of carbonyl (C=O) groups is 2. The van der Waals surface area contributed by atoms with E-state index in [1.165, 1.54) is 0 Å². The molecular weight excluding hydrogens is 184 g/mol. The number of rotatable bonds is 7. The average Bonchev–Trinajstić information content (AvgIpc) is 2.13. The molecule has 0 aliphatic rings. The Kier molecular flexibility index (Phi) is 6.74. The number of hydrogen-bond acceptors (Lipinski definition) is 3. The molecule has 0 spiro atoms. The largest absolute Gasteiger partial charge is 0.481 e. The molecule has 0 aromatic rings. The van der Waals surface area contributed by atoms with Gasteiger partial charge in [0.25, 0.3) is 0 Å². The molecule has 0 radical (unpaired) electrons. The predicted molar refractivity (Wildman–Crippen MR) is 53.1 cm³/mol. The molecule has 0 aliphatic heterocycles. The Balaban J connectivity index is 3.56. The van der Waals surface area contributed by atoms with Gasteiger partial charge < -0.3 is 15.3 Å². The van der Waals surface area contributed by atoms with Gasteiger partial charge in [-0.3, -0.25) is 9.59 Å². The number of nitrogens with zero attached hydrogens (tertiary/aromatic N) is 1. The highest BCUT2D eigenvalue weighted by atomic mass is 16.4. The summed E-state index contributed by atoms with van der Waals surface area (Å²) in [6, 6.07) is 0. The van der Waals surface area contributed by atoms with Crippen LogP contribution in [0.2, 0.25) is 0 Å². The van der Waals surface area contributed by atoms with E-state index in [0.717, 1.165) is 0 Å². The highest BCUT2D eigenvalue weighted by Gasteiger charge is 2.07. The number of carbonyl (C=O) groups excluding carboxylic acids is 1. The van der Waals surface area contributed by atoms with Crippen LogP contribution in [0.15, 0.2) is 0 Å². The maximum atomic E-state index is 11.3. The first-order valence-corrected chi connectivity index (χ1v) is 4.68. The normalized spacial score (nSPS) is 9.86. The van der Waals surface area contributed by atoms with Crippen LogP contribution in [0.4, 0.5) is 0 Å². The first-order valence-electron chi connectivity index (χ1n) is 4.68. The van der Waals surface area contributed by atoms with Gasteiger partial charge >= 0.3 is 5.97 Å². The lowest BCUT2D eigenvalue weighted by atomic mass is 10.3. The minimum absolute atomic E-state index is 0.0461. The first kappa shape index (κ1) is 12.9. The van der Waals surface area contributed by atoms with Crippen molar-refractivity contribution in [3.05, 3.63) is 0 Å². The summed E-state index contributed by atoms with van der Waals surface area (Å²) in [6.07, 6.45) is 1.08. The van der Waals surface area contributed by atoms with E-state index < -0.39 is 5.97 Å². The zero-order valence-electron chi connectivity index (χ0n) is 8.75. The summed E-state index contributed by atoms with van der Waals surface area (Å²) in [7, 11) is 3.48. The van der Waals surface area contributed by atoms with Crippen molar-refractivity contribution in [3.63, 3.8) is 0 Å². The second kappa shape index (κ2) is 7.32. The van der Waals surface area contributed by atoms with Gasteiger partial charge in [0.2, 0.25) is 5.91 Å². The van der Waals surface area contributed by atoms with Gasteiger partial charge in [-0.05, 0) is 13.5 Å². The van der Waals surface area contributed by atoms with Gasteiger partial charge in [-0.2, -0.15) is 0 Å². The first-order chi connectivity index (χ1) is 6.57. The minimum atomic E-state index is -0.818. The number of amides is 1. The minimum Gasteiger partial charge on any atom is -0.481 e. The van der Waals surface area contributed by atoms with Gasteiger partial charge in [-0.25, -0.2) is 0 Å². The maximum Gasteiger partial charge on any atom is 0.303 e. The number of aliphatic carboxylic acids is 1. The van der Waals surface area contributed by atoms with Crippen molar-refractivity contribution in [1.82, 2.24) is 10.2 Å². The molecule has 0 fully saturated rings. The number of carboxylic acid groups (broad SMARTS) is 1. The second-order valence-electron chi connectivity index (χ2n) is 3.17. The Hall–Kier alpha value is -1.10. The van der Waals surface area contributed by atoms with Crippen molar-refractivity contribution < 1.29 is 14.7 Å². The molecule has 1 amide bonds. The summed E-state index contributed by atoms with van der Waals surface area (Å²) >= 11 is 0. The SMILES string of the molecule is CNCCC(=O)N(C)CCCC(=O)O. The molecule has 0 unspecified atom stereocenters. The highest BCUT2D eigenvalue weighted by molar-refractivity contribution is 5.76. The van der Waals surface area contributed by atoms with E-state index in [1.54, 1.807) is 19.0 Å². The van der Waals surface area contributed by atoms with E-state index >= 15 is 0 Å². The van der Waals surface area contributed by atoms with Gasteiger partial charge in [-0.15, -0.1) is 0 Å². The summed E-state index contributed by atoms with van der Waals surface area (Å²) in [4.78, 5) is 23.1. The fourth-order valence-electron chi connectivity index (χ4n) is 1.01. The Morgan fingerprint density at radius 2 is 2.00 bits per heavy atom. The molecule has 0 rings (SSSR count). The molecule has 0 heterocycles. The molecule has 82 valence electrons. The highest BCUT2D eigenvalue weighted by Crippen LogP contribution is 1.95. The van der Waals surface area contributed by atoms with E-state index in [4.69, 9.17) is 5.11 Å². The van der Waals surface area contributed by atoms with Crippen LogP contribution in [-0.2, 0) is 9.59 Å². The maximum absolute atomic E-state index is 11.3. The van der Waals surface area contributed by atoms with Crippen molar-refractivity contribution in [2.45, 2.75) is 19.3 Å². The number of nitrogens with one attached hydrogen (secondary N) is 1. The average molecular weight is 202 g/mol. The third kappa shape index (κ3) is 6.42. The Morgan fingerprint density at radius 1 is 1.36 bits per heavy atom. The molecule has 0 aromatic carbocycles. The lowest BCUT2D eigenvalue weighted by molar-refractivity contribution is -0.138. The monoisotopic (exact) mass is 202 g/mol. The predicted octanol–water partition coefficient (Wildman–Crippen LogP) is -0.0809. The Morgan fingerprint density at radius 3 is 2.50 bits per heavy atom. The molecule has 2 N–H and O–H groups in total. The molecule has 0 saturated carbocycles. The van der Waals surface area contributed by atoms with Crippen LogP contribution in [0.3, 0.4) is 0 Å². The Labute approximate surface area is 84.1 Å². The number of carboxylic acids is 1. The van der Waals surface area contributed by atoms with Gasteiger partial charge in [0.1, 0.15) is 0 Å². The van der Waals surface area contributed by atoms with Gasteiger partial charge in [-0.1, -0.05) is 0 Å². The van der Waals surface area contributed by atoms with Crippen LogP contribution in [0, 0.1) is 0 Å². The van der Waals surface area contributed by atoms with Gasteiger partial charge in [0, 0.05) is 33.0 Å². The third-order valence-corrected chi connectivity index (χ3v) is 1.90. The fourth-order valence-corrected chi connectivity index (χ4v) is 1.01. The summed E-state index contributed by atoms with van der Waals surface area (Å²) in [5.74, 6) is -0.772. The molecule has 5 nitrogen and oxygen atoms in total. The van der Waals surface area contributed by atoms with E-state index in [0.29, 0.717) is 25.9 Å². The molecule has 0 aliphatic carbocycles. The van der Waals surface area contributed by atoms with E-state index in [2.05, 4.69) is 5.32 Å². The fraction of sp³-hybridized carbons (Fsp3) is 0.778. The quantitative estimate of drug-likeness (QED) is 0.606. The van der Waals surface area contributed by atoms with E-state index in [9.17, 15) is 9.59 Å². The van der Waals surface area contributed by atoms with E-state index in [1.807, 2.05) is 0 Å². The molecular formula is C9H18N2O3. The van der Waals surface area contributed by atoms with Crippen LogP contribution >= 0.6 is 0 Å². The van der Waals surface area contributed by atoms with E-state index in [-0.39, 0.29) is 12.3 Å². The Bertz CT molecular complexity index is 194. The summed E-state index contributed by atoms with van der Waals surface area (Å²) in [5.41, 5.74) is 0. The van der Waals surface area contributed by atoms with Gasteiger partial charge in [0.05, 0.1) is 0 Å². The number of hydrogen-bond donors (Lipinski definition) is 2. The van der Waals surface area contributed by atoms with Crippen molar-refractivity contribution in [3.8, 4) is 0 Å². The van der Waals surface area contributed by atoms with Crippen LogP contribution in [0.1, 0.15) is 19.3 Å². The zero-order valence-corrected chi connectivity index (χ0v) is 8.75. The lowest BCUT2D eigenvalue weighted by Gasteiger charge is -2.16. The van der Waals surface area contributed by atoms with Crippen LogP contribution in [-0.4, -0.2) is 49.1 Å². The van der Waals surface area contributed by atoms with Crippen molar-refractivity contribution in [2.75, 3.05) is 27.2 Å². The third-order valence-electron chi connectivity index (χ3n) is 1.90. The molecule has 0 bridgehead atoms. The molecule has 14 heavy (non-hydrogen) atoms.